The number of ether oxygens (including phenoxy) is 1. The second-order valence-electron chi connectivity index (χ2n) is 6.97. The lowest BCUT2D eigenvalue weighted by atomic mass is 9.87. The lowest BCUT2D eigenvalue weighted by Gasteiger charge is -2.28. The Kier molecular flexibility index (Phi) is 5.22. The molecule has 1 aromatic carbocycles. The van der Waals surface area contributed by atoms with Crippen molar-refractivity contribution in [1.82, 2.24) is 4.98 Å². The van der Waals surface area contributed by atoms with E-state index in [9.17, 15) is 5.11 Å². The van der Waals surface area contributed by atoms with E-state index in [4.69, 9.17) is 4.74 Å². The first kappa shape index (κ1) is 17.2. The molecule has 122 valence electrons. The molecule has 0 saturated heterocycles. The summed E-state index contributed by atoms with van der Waals surface area (Å²) in [5.41, 5.74) is 2.80. The fourth-order valence-electron chi connectivity index (χ4n) is 2.26. The highest BCUT2D eigenvalue weighted by molar-refractivity contribution is 5.52. The minimum Gasteiger partial charge on any atom is -0.459 e. The number of aromatic nitrogens is 1. The monoisotopic (exact) mass is 311 g/mol. The van der Waals surface area contributed by atoms with Gasteiger partial charge in [0.25, 0.3) is 0 Å². The molecule has 2 rings (SSSR count). The van der Waals surface area contributed by atoms with Gasteiger partial charge in [-0.05, 0) is 48.6 Å². The fourth-order valence-corrected chi connectivity index (χ4v) is 2.26. The standard InChI is InChI=1S/C20H25NO2/c1-14-8-9-17(15(2)11-14)23-18(19(22)20(3,4)5)12-16-7-6-10-21-13-16/h6-13,19,22H,1-5H3. The number of nitrogens with zero attached hydrogens (tertiary/aromatic N) is 1. The van der Waals surface area contributed by atoms with Crippen LogP contribution < -0.4 is 4.74 Å². The molecule has 1 N–H and O–H groups in total. The van der Waals surface area contributed by atoms with E-state index < -0.39 is 6.10 Å². The molecule has 1 aromatic heterocycles. The van der Waals surface area contributed by atoms with Gasteiger partial charge in [0.1, 0.15) is 17.6 Å². The van der Waals surface area contributed by atoms with Crippen LogP contribution in [0.2, 0.25) is 0 Å². The molecule has 1 atom stereocenters. The van der Waals surface area contributed by atoms with Crippen molar-refractivity contribution in [2.75, 3.05) is 0 Å². The zero-order valence-corrected chi connectivity index (χ0v) is 14.5. The van der Waals surface area contributed by atoms with Gasteiger partial charge in [-0.1, -0.05) is 44.5 Å². The molecule has 0 amide bonds. The van der Waals surface area contributed by atoms with Crippen LogP contribution in [0.3, 0.4) is 0 Å². The van der Waals surface area contributed by atoms with Crippen LogP contribution >= 0.6 is 0 Å². The van der Waals surface area contributed by atoms with Crippen molar-refractivity contribution in [3.05, 3.63) is 65.2 Å². The smallest absolute Gasteiger partial charge is 0.134 e. The first-order valence-electron chi connectivity index (χ1n) is 7.82. The maximum atomic E-state index is 10.7. The molecular formula is C20H25NO2. The molecule has 1 heterocycles. The van der Waals surface area contributed by atoms with E-state index >= 15 is 0 Å². The van der Waals surface area contributed by atoms with Crippen LogP contribution in [-0.4, -0.2) is 16.2 Å². The number of aryl methyl sites for hydroxylation is 2. The van der Waals surface area contributed by atoms with Crippen LogP contribution in [0.4, 0.5) is 0 Å². The van der Waals surface area contributed by atoms with Crippen molar-refractivity contribution < 1.29 is 9.84 Å². The molecule has 0 aliphatic rings. The highest BCUT2D eigenvalue weighted by atomic mass is 16.5. The fraction of sp³-hybridized carbons (Fsp3) is 0.350. The molecular weight excluding hydrogens is 286 g/mol. The molecule has 23 heavy (non-hydrogen) atoms. The number of aliphatic hydroxyl groups is 1. The van der Waals surface area contributed by atoms with E-state index in [-0.39, 0.29) is 5.41 Å². The van der Waals surface area contributed by atoms with Gasteiger partial charge >= 0.3 is 0 Å². The Morgan fingerprint density at radius 3 is 2.52 bits per heavy atom. The topological polar surface area (TPSA) is 42.4 Å². The maximum absolute atomic E-state index is 10.7. The average Bonchev–Trinajstić information content (AvgIpc) is 2.48. The Morgan fingerprint density at radius 2 is 1.96 bits per heavy atom. The van der Waals surface area contributed by atoms with E-state index in [1.165, 1.54) is 5.56 Å². The quantitative estimate of drug-likeness (QED) is 0.844. The third kappa shape index (κ3) is 4.67. The third-order valence-corrected chi connectivity index (χ3v) is 3.64. The molecule has 0 aliphatic carbocycles. The Morgan fingerprint density at radius 1 is 1.22 bits per heavy atom. The van der Waals surface area contributed by atoms with Crippen molar-refractivity contribution in [3.63, 3.8) is 0 Å². The van der Waals surface area contributed by atoms with Gasteiger partial charge in [-0.15, -0.1) is 0 Å². The Balaban J connectivity index is 2.39. The van der Waals surface area contributed by atoms with Crippen molar-refractivity contribution in [3.8, 4) is 5.75 Å². The molecule has 1 unspecified atom stereocenters. The van der Waals surface area contributed by atoms with E-state index in [2.05, 4.69) is 11.1 Å². The lowest BCUT2D eigenvalue weighted by molar-refractivity contribution is 0.0640. The average molecular weight is 311 g/mol. The van der Waals surface area contributed by atoms with Gasteiger partial charge in [-0.25, -0.2) is 0 Å². The zero-order chi connectivity index (χ0) is 17.0. The summed E-state index contributed by atoms with van der Waals surface area (Å²) in [7, 11) is 0. The SMILES string of the molecule is Cc1ccc(OC(=Cc2cccnc2)C(O)C(C)(C)C)c(C)c1. The number of rotatable bonds is 4. The van der Waals surface area contributed by atoms with E-state index in [1.54, 1.807) is 12.4 Å². The van der Waals surface area contributed by atoms with Gasteiger partial charge in [-0.2, -0.15) is 0 Å². The third-order valence-electron chi connectivity index (χ3n) is 3.64. The van der Waals surface area contributed by atoms with Crippen molar-refractivity contribution in [1.29, 1.82) is 0 Å². The van der Waals surface area contributed by atoms with Crippen molar-refractivity contribution in [2.24, 2.45) is 5.41 Å². The number of aliphatic hydroxyl groups excluding tert-OH is 1. The summed E-state index contributed by atoms with van der Waals surface area (Å²) in [4.78, 5) is 4.11. The zero-order valence-electron chi connectivity index (χ0n) is 14.5. The summed E-state index contributed by atoms with van der Waals surface area (Å²) in [5.74, 6) is 1.28. The van der Waals surface area contributed by atoms with Crippen LogP contribution in [0, 0.1) is 19.3 Å². The van der Waals surface area contributed by atoms with Crippen LogP contribution in [-0.2, 0) is 0 Å². The largest absolute Gasteiger partial charge is 0.459 e. The van der Waals surface area contributed by atoms with Crippen LogP contribution in [0.15, 0.2) is 48.5 Å². The first-order chi connectivity index (χ1) is 10.8. The summed E-state index contributed by atoms with van der Waals surface area (Å²) in [5, 5.41) is 10.7. The predicted octanol–water partition coefficient (Wildman–Crippen LogP) is 4.53. The van der Waals surface area contributed by atoms with E-state index in [1.807, 2.05) is 65.0 Å². The summed E-state index contributed by atoms with van der Waals surface area (Å²) < 4.78 is 6.08. The summed E-state index contributed by atoms with van der Waals surface area (Å²) in [6, 6.07) is 9.82. The highest BCUT2D eigenvalue weighted by Gasteiger charge is 2.28. The minimum atomic E-state index is -0.719. The van der Waals surface area contributed by atoms with Gasteiger partial charge in [0.05, 0.1) is 0 Å². The highest BCUT2D eigenvalue weighted by Crippen LogP contribution is 2.30. The molecule has 3 heteroatoms. The molecule has 0 saturated carbocycles. The van der Waals surface area contributed by atoms with Crippen molar-refractivity contribution >= 4 is 6.08 Å². The summed E-state index contributed by atoms with van der Waals surface area (Å²) >= 11 is 0. The van der Waals surface area contributed by atoms with Crippen LogP contribution in [0.1, 0.15) is 37.5 Å². The second-order valence-corrected chi connectivity index (χ2v) is 6.97. The number of benzene rings is 1. The Labute approximate surface area is 138 Å². The van der Waals surface area contributed by atoms with E-state index in [0.717, 1.165) is 16.9 Å². The number of hydrogen-bond donors (Lipinski definition) is 1. The normalized spacial score (nSPS) is 13.7. The van der Waals surface area contributed by atoms with Gasteiger partial charge in [0.15, 0.2) is 0 Å². The Hall–Kier alpha value is -2.13. The summed E-state index contributed by atoms with van der Waals surface area (Å²) in [6.07, 6.45) is 4.61. The predicted molar refractivity (Wildman–Crippen MR) is 94.2 cm³/mol. The molecule has 0 aliphatic heterocycles. The number of pyridine rings is 1. The van der Waals surface area contributed by atoms with Gasteiger partial charge < -0.3 is 9.84 Å². The van der Waals surface area contributed by atoms with Gasteiger partial charge in [0.2, 0.25) is 0 Å². The molecule has 0 fully saturated rings. The molecule has 0 radical (unpaired) electrons. The molecule has 2 aromatic rings. The van der Waals surface area contributed by atoms with Crippen molar-refractivity contribution in [2.45, 2.75) is 40.7 Å². The van der Waals surface area contributed by atoms with Gasteiger partial charge in [0, 0.05) is 12.4 Å². The molecule has 0 spiro atoms. The summed E-state index contributed by atoms with van der Waals surface area (Å²) in [6.45, 7) is 10.0. The maximum Gasteiger partial charge on any atom is 0.134 e. The molecule has 0 bridgehead atoms. The van der Waals surface area contributed by atoms with Gasteiger partial charge in [-0.3, -0.25) is 4.98 Å². The van der Waals surface area contributed by atoms with E-state index in [0.29, 0.717) is 5.76 Å². The van der Waals surface area contributed by atoms with Crippen LogP contribution in [0.5, 0.6) is 5.75 Å². The first-order valence-corrected chi connectivity index (χ1v) is 7.82. The second kappa shape index (κ2) is 6.97. The van der Waals surface area contributed by atoms with Crippen LogP contribution in [0.25, 0.3) is 6.08 Å². The number of hydrogen-bond acceptors (Lipinski definition) is 3. The Bertz CT molecular complexity index is 685. The molecule has 3 nitrogen and oxygen atoms in total. The lowest BCUT2D eigenvalue weighted by Crippen LogP contribution is -2.30. The minimum absolute atomic E-state index is 0.327.